The van der Waals surface area contributed by atoms with Crippen molar-refractivity contribution in [2.24, 2.45) is 5.41 Å². The minimum atomic E-state index is -0.969. The van der Waals surface area contributed by atoms with Gasteiger partial charge in [-0.05, 0) is 22.8 Å². The lowest BCUT2D eigenvalue weighted by Crippen LogP contribution is -2.46. The Balaban J connectivity index is 1.96. The van der Waals surface area contributed by atoms with Crippen molar-refractivity contribution in [3.63, 3.8) is 0 Å². The van der Waals surface area contributed by atoms with E-state index >= 15 is 0 Å². The maximum Gasteiger partial charge on any atom is 0.291 e. The van der Waals surface area contributed by atoms with Gasteiger partial charge in [0.05, 0.1) is 5.22 Å². The average molecular weight is 498 g/mol. The summed E-state index contributed by atoms with van der Waals surface area (Å²) in [7, 11) is 0. The van der Waals surface area contributed by atoms with Crippen LogP contribution in [0, 0.1) is 5.41 Å². The van der Waals surface area contributed by atoms with E-state index in [1.807, 2.05) is 72.8 Å². The summed E-state index contributed by atoms with van der Waals surface area (Å²) in [5, 5.41) is 1.28. The van der Waals surface area contributed by atoms with Crippen LogP contribution >= 0.6 is 15.9 Å². The highest BCUT2D eigenvalue weighted by atomic mass is 79.9. The molecule has 1 heterocycles. The highest BCUT2D eigenvalue weighted by Crippen LogP contribution is 2.39. The molecule has 0 N–H and O–H groups in total. The van der Waals surface area contributed by atoms with Crippen molar-refractivity contribution in [3.8, 4) is 0 Å². The summed E-state index contributed by atoms with van der Waals surface area (Å²) in [5.74, 6) is 0. The molecule has 1 aliphatic rings. The topological polar surface area (TPSA) is 35.1 Å². The van der Waals surface area contributed by atoms with Crippen LogP contribution in [0.2, 0.25) is 0 Å². The number of fused-ring (bicyclic) bond motifs is 1. The lowest BCUT2D eigenvalue weighted by Gasteiger charge is -2.34. The molecule has 4 aromatic rings. The molecule has 0 radical (unpaired) electrons. The molecule has 0 saturated carbocycles. The lowest BCUT2D eigenvalue weighted by atomic mass is 9.77. The third-order valence-corrected chi connectivity index (χ3v) is 7.44. The number of halogens is 1. The zero-order valence-electron chi connectivity index (χ0n) is 18.3. The van der Waals surface area contributed by atoms with Crippen LogP contribution in [0.25, 0.3) is 12.2 Å². The second kappa shape index (κ2) is 8.53. The Bertz CT molecular complexity index is 1370. The first-order valence-corrected chi connectivity index (χ1v) is 12.1. The Kier molecular flexibility index (Phi) is 5.55. The molecule has 1 aromatic heterocycles. The van der Waals surface area contributed by atoms with Gasteiger partial charge in [0.1, 0.15) is 0 Å². The molecule has 1 aliphatic carbocycles. The van der Waals surface area contributed by atoms with Gasteiger partial charge >= 0.3 is 0 Å². The molecule has 33 heavy (non-hydrogen) atoms. The number of allylic oxidation sites excluding steroid dienone is 2. The van der Waals surface area contributed by atoms with Gasteiger partial charge in [-0.3, -0.25) is 4.79 Å². The minimum absolute atomic E-state index is 0.159. The predicted octanol–water partition coefficient (Wildman–Crippen LogP) is 4.81. The van der Waals surface area contributed by atoms with E-state index in [9.17, 15) is 4.79 Å². The van der Waals surface area contributed by atoms with E-state index in [-0.39, 0.29) is 11.0 Å². The summed E-state index contributed by atoms with van der Waals surface area (Å²) in [6, 6.07) is 30.2. The van der Waals surface area contributed by atoms with Crippen molar-refractivity contribution in [2.45, 2.75) is 12.5 Å². The quantitative estimate of drug-likeness (QED) is 0.292. The molecule has 1 atom stereocenters. The van der Waals surface area contributed by atoms with Crippen molar-refractivity contribution < 1.29 is 4.52 Å². The zero-order chi connectivity index (χ0) is 22.9. The fourth-order valence-electron chi connectivity index (χ4n) is 4.58. The standard InChI is InChI=1S/C29H24BrNO2/c1-28(21-30)19-11-18-26-25(20-28)27(32)31(33-26)29(22-12-5-2-6-13-22,23-14-7-3-8-15-23)24-16-9-4-10-17-24/h2-20H,21H2,1H3. The molecular formula is C29H24BrNO2. The van der Waals surface area contributed by atoms with E-state index in [4.69, 9.17) is 4.52 Å². The van der Waals surface area contributed by atoms with Crippen molar-refractivity contribution in [3.05, 3.63) is 141 Å². The van der Waals surface area contributed by atoms with Crippen LogP contribution in [0.5, 0.6) is 0 Å². The largest absolute Gasteiger partial charge is 0.374 e. The fourth-order valence-corrected chi connectivity index (χ4v) is 4.93. The van der Waals surface area contributed by atoms with Crippen LogP contribution in [0.3, 0.4) is 0 Å². The Morgan fingerprint density at radius 3 is 1.79 bits per heavy atom. The van der Waals surface area contributed by atoms with Gasteiger partial charge in [0.25, 0.3) is 5.56 Å². The van der Waals surface area contributed by atoms with Crippen LogP contribution in [-0.2, 0) is 5.54 Å². The molecule has 0 bridgehead atoms. The molecular weight excluding hydrogens is 474 g/mol. The zero-order valence-corrected chi connectivity index (χ0v) is 19.9. The second-order valence-corrected chi connectivity index (χ2v) is 9.15. The van der Waals surface area contributed by atoms with Crippen molar-refractivity contribution in [1.29, 1.82) is 0 Å². The number of hydrogen-bond donors (Lipinski definition) is 0. The van der Waals surface area contributed by atoms with Crippen LogP contribution in [0.1, 0.15) is 23.6 Å². The van der Waals surface area contributed by atoms with Crippen LogP contribution in [0.4, 0.5) is 0 Å². The second-order valence-electron chi connectivity index (χ2n) is 8.59. The molecule has 5 rings (SSSR count). The van der Waals surface area contributed by atoms with Crippen LogP contribution in [-0.4, -0.2) is 10.1 Å². The predicted molar refractivity (Wildman–Crippen MR) is 137 cm³/mol. The first kappa shape index (κ1) is 21.5. The third kappa shape index (κ3) is 3.55. The molecule has 164 valence electrons. The molecule has 3 aromatic carbocycles. The van der Waals surface area contributed by atoms with Gasteiger partial charge < -0.3 is 4.52 Å². The van der Waals surface area contributed by atoms with Gasteiger partial charge in [-0.1, -0.05) is 132 Å². The summed E-state index contributed by atoms with van der Waals surface area (Å²) in [4.78, 5) is 14.1. The molecule has 0 saturated heterocycles. The number of alkyl halides is 1. The van der Waals surface area contributed by atoms with Gasteiger partial charge in [-0.25, -0.2) is 0 Å². The molecule has 3 nitrogen and oxygen atoms in total. The summed E-state index contributed by atoms with van der Waals surface area (Å²) < 4.78 is 7.99. The first-order valence-electron chi connectivity index (χ1n) is 11.0. The molecule has 1 unspecified atom stereocenters. The Hall–Kier alpha value is -3.37. The van der Waals surface area contributed by atoms with E-state index in [0.29, 0.717) is 16.0 Å². The summed E-state index contributed by atoms with van der Waals surface area (Å²) in [5.41, 5.74) is 1.99. The fraction of sp³-hybridized carbons (Fsp3) is 0.138. The van der Waals surface area contributed by atoms with Crippen LogP contribution in [0.15, 0.2) is 112 Å². The van der Waals surface area contributed by atoms with E-state index < -0.39 is 5.54 Å². The van der Waals surface area contributed by atoms with E-state index in [1.165, 1.54) is 0 Å². The molecule has 4 heteroatoms. The number of hydrogen-bond acceptors (Lipinski definition) is 2. The number of rotatable bonds is 5. The maximum absolute atomic E-state index is 14.1. The lowest BCUT2D eigenvalue weighted by molar-refractivity contribution is 0.192. The van der Waals surface area contributed by atoms with Gasteiger partial charge in [-0.15, -0.1) is 0 Å². The number of nitrogens with zero attached hydrogens (tertiary/aromatic N) is 1. The Morgan fingerprint density at radius 1 is 0.848 bits per heavy atom. The smallest absolute Gasteiger partial charge is 0.291 e. The number of benzene rings is 3. The minimum Gasteiger partial charge on any atom is -0.374 e. The maximum atomic E-state index is 14.1. The third-order valence-electron chi connectivity index (χ3n) is 6.24. The Labute approximate surface area is 201 Å². The van der Waals surface area contributed by atoms with Gasteiger partial charge in [0.2, 0.25) is 0 Å². The molecule has 0 aliphatic heterocycles. The highest BCUT2D eigenvalue weighted by molar-refractivity contribution is 9.09. The van der Waals surface area contributed by atoms with Crippen LogP contribution < -0.4 is 16.2 Å². The normalized spacial score (nSPS) is 17.5. The SMILES string of the molecule is CC1(CBr)C=CC=c2on(C(c3ccccc3)(c3ccccc3)c3ccccc3)c(=O)c2=C1. The van der Waals surface area contributed by atoms with Gasteiger partial charge in [0, 0.05) is 10.7 Å². The number of aromatic nitrogens is 1. The Morgan fingerprint density at radius 2 is 1.33 bits per heavy atom. The summed E-state index contributed by atoms with van der Waals surface area (Å²) >= 11 is 3.60. The molecule has 0 fully saturated rings. The first-order chi connectivity index (χ1) is 16.1. The van der Waals surface area contributed by atoms with E-state index in [1.54, 1.807) is 4.74 Å². The van der Waals surface area contributed by atoms with Crippen molar-refractivity contribution in [1.82, 2.24) is 4.74 Å². The monoisotopic (exact) mass is 497 g/mol. The molecule has 0 spiro atoms. The van der Waals surface area contributed by atoms with Gasteiger partial charge in [-0.2, -0.15) is 4.74 Å². The highest BCUT2D eigenvalue weighted by Gasteiger charge is 2.42. The summed E-state index contributed by atoms with van der Waals surface area (Å²) in [6.07, 6.45) is 7.93. The summed E-state index contributed by atoms with van der Waals surface area (Å²) in [6.45, 7) is 2.09. The van der Waals surface area contributed by atoms with Crippen molar-refractivity contribution in [2.75, 3.05) is 5.33 Å². The van der Waals surface area contributed by atoms with Crippen molar-refractivity contribution >= 4 is 28.1 Å². The average Bonchev–Trinajstić information content (AvgIpc) is 3.06. The van der Waals surface area contributed by atoms with E-state index in [0.717, 1.165) is 16.7 Å². The molecule has 0 amide bonds. The van der Waals surface area contributed by atoms with E-state index in [2.05, 4.69) is 65.3 Å². The van der Waals surface area contributed by atoms with Gasteiger partial charge in [0.15, 0.2) is 11.0 Å².